The lowest BCUT2D eigenvalue weighted by Gasteiger charge is -2.16. The molecular formula is C20H20N4O4S. The van der Waals surface area contributed by atoms with Crippen LogP contribution < -0.4 is 20.9 Å². The third-order valence-corrected chi connectivity index (χ3v) is 5.22. The highest BCUT2D eigenvalue weighted by atomic mass is 32.2. The van der Waals surface area contributed by atoms with Gasteiger partial charge in [0.25, 0.3) is 5.56 Å². The number of thioether (sulfide) groups is 1. The second-order valence-electron chi connectivity index (χ2n) is 6.08. The molecule has 29 heavy (non-hydrogen) atoms. The normalized spacial score (nSPS) is 11.7. The molecule has 2 N–H and O–H groups in total. The lowest BCUT2D eigenvalue weighted by Crippen LogP contribution is -2.41. The molecule has 1 unspecified atom stereocenters. The van der Waals surface area contributed by atoms with E-state index in [4.69, 9.17) is 4.74 Å². The number of aromatic nitrogens is 2. The Morgan fingerprint density at radius 1 is 1.17 bits per heavy atom. The third kappa shape index (κ3) is 4.40. The first-order valence-corrected chi connectivity index (χ1v) is 9.68. The Kier molecular flexibility index (Phi) is 6.18. The fourth-order valence-corrected chi connectivity index (χ4v) is 3.58. The molecule has 0 saturated carbocycles. The van der Waals surface area contributed by atoms with Gasteiger partial charge in [-0.1, -0.05) is 30.0 Å². The monoisotopic (exact) mass is 412 g/mol. The van der Waals surface area contributed by atoms with Crippen LogP contribution >= 0.6 is 11.8 Å². The summed E-state index contributed by atoms with van der Waals surface area (Å²) in [7, 11) is 2.97. The Morgan fingerprint density at radius 3 is 2.66 bits per heavy atom. The summed E-state index contributed by atoms with van der Waals surface area (Å²) in [5.41, 5.74) is 0.831. The minimum absolute atomic E-state index is 0.259. The topological polar surface area (TPSA) is 102 Å². The van der Waals surface area contributed by atoms with E-state index < -0.39 is 17.2 Å². The van der Waals surface area contributed by atoms with E-state index in [9.17, 15) is 14.4 Å². The Balaban J connectivity index is 2.11. The average Bonchev–Trinajstić information content (AvgIpc) is 2.73. The van der Waals surface area contributed by atoms with E-state index in [0.717, 1.165) is 11.8 Å². The van der Waals surface area contributed by atoms with Crippen LogP contribution in [0.15, 0.2) is 58.5 Å². The summed E-state index contributed by atoms with van der Waals surface area (Å²) in [6, 6.07) is 13.4. The van der Waals surface area contributed by atoms with E-state index in [1.165, 1.54) is 11.6 Å². The van der Waals surface area contributed by atoms with Crippen LogP contribution in [-0.4, -0.2) is 40.9 Å². The van der Waals surface area contributed by atoms with E-state index in [1.807, 2.05) is 0 Å². The summed E-state index contributed by atoms with van der Waals surface area (Å²) in [5, 5.41) is 4.69. The number of benzene rings is 2. The first kappa shape index (κ1) is 20.4. The summed E-state index contributed by atoms with van der Waals surface area (Å²) in [6.07, 6.45) is 0. The van der Waals surface area contributed by atoms with E-state index in [-0.39, 0.29) is 5.56 Å². The zero-order valence-electron chi connectivity index (χ0n) is 16.1. The molecule has 2 aromatic carbocycles. The van der Waals surface area contributed by atoms with Crippen molar-refractivity contribution in [3.05, 3.63) is 58.9 Å². The van der Waals surface area contributed by atoms with Crippen LogP contribution in [-0.2, 0) is 4.79 Å². The Bertz CT molecular complexity index is 1130. The minimum Gasteiger partial charge on any atom is -0.497 e. The van der Waals surface area contributed by atoms with E-state index >= 15 is 0 Å². The fourth-order valence-electron chi connectivity index (χ4n) is 2.66. The number of hydrogen-bond donors (Lipinski definition) is 2. The van der Waals surface area contributed by atoms with Crippen LogP contribution in [0.1, 0.15) is 6.92 Å². The maximum absolute atomic E-state index is 13.2. The number of fused-ring (bicyclic) bond motifs is 1. The largest absolute Gasteiger partial charge is 0.497 e. The second kappa shape index (κ2) is 8.78. The van der Waals surface area contributed by atoms with Gasteiger partial charge in [0.2, 0.25) is 5.91 Å². The zero-order chi connectivity index (χ0) is 21.0. The van der Waals surface area contributed by atoms with E-state index in [1.54, 1.807) is 62.6 Å². The number of para-hydroxylation sites is 1. The molecule has 0 aliphatic heterocycles. The smallest absolute Gasteiger partial charge is 0.321 e. The van der Waals surface area contributed by atoms with Crippen molar-refractivity contribution in [3.63, 3.8) is 0 Å². The predicted octanol–water partition coefficient (Wildman–Crippen LogP) is 2.33. The van der Waals surface area contributed by atoms with Crippen LogP contribution in [0.3, 0.4) is 0 Å². The first-order chi connectivity index (χ1) is 13.9. The maximum Gasteiger partial charge on any atom is 0.321 e. The molecule has 0 saturated heterocycles. The van der Waals surface area contributed by atoms with Crippen LogP contribution in [0.2, 0.25) is 0 Å². The van der Waals surface area contributed by atoms with Gasteiger partial charge in [-0.25, -0.2) is 9.78 Å². The summed E-state index contributed by atoms with van der Waals surface area (Å²) in [4.78, 5) is 41.5. The first-order valence-electron chi connectivity index (χ1n) is 8.80. The van der Waals surface area contributed by atoms with Gasteiger partial charge in [0.05, 0.1) is 29.0 Å². The van der Waals surface area contributed by atoms with Gasteiger partial charge in [0.1, 0.15) is 5.75 Å². The number of urea groups is 1. The molecule has 8 nitrogen and oxygen atoms in total. The van der Waals surface area contributed by atoms with Crippen molar-refractivity contribution in [1.82, 2.24) is 20.2 Å². The fraction of sp³-hybridized carbons (Fsp3) is 0.200. The van der Waals surface area contributed by atoms with Gasteiger partial charge in [0.15, 0.2) is 5.16 Å². The van der Waals surface area contributed by atoms with Crippen molar-refractivity contribution >= 4 is 34.6 Å². The summed E-state index contributed by atoms with van der Waals surface area (Å²) in [5.74, 6) is 0.0952. The molecule has 1 heterocycles. The third-order valence-electron chi connectivity index (χ3n) is 4.17. The molecular weight excluding hydrogens is 392 g/mol. The Hall–Kier alpha value is -3.33. The highest BCUT2D eigenvalue weighted by Gasteiger charge is 2.21. The van der Waals surface area contributed by atoms with Crippen LogP contribution in [0.25, 0.3) is 16.6 Å². The number of hydrogen-bond acceptors (Lipinski definition) is 6. The van der Waals surface area contributed by atoms with Crippen molar-refractivity contribution < 1.29 is 14.3 Å². The van der Waals surface area contributed by atoms with Crippen molar-refractivity contribution in [2.24, 2.45) is 0 Å². The molecule has 150 valence electrons. The Labute approximate surface area is 171 Å². The standard InChI is InChI=1S/C20H20N4O4S/c1-12(17(25)23-19(27)21-2)29-20-22-16-10-5-4-9-15(16)18(26)24(20)13-7-6-8-14(11-13)28-3/h4-12H,1-3H3,(H2,21,23,25,27). The van der Waals surface area contributed by atoms with Gasteiger partial charge in [-0.2, -0.15) is 0 Å². The molecule has 0 fully saturated rings. The molecule has 3 rings (SSSR count). The molecule has 0 bridgehead atoms. The number of rotatable bonds is 5. The number of carbonyl (C=O) groups is 2. The van der Waals surface area contributed by atoms with Crippen molar-refractivity contribution in [1.29, 1.82) is 0 Å². The van der Waals surface area contributed by atoms with E-state index in [0.29, 0.717) is 27.5 Å². The van der Waals surface area contributed by atoms with Crippen LogP contribution in [0.5, 0.6) is 5.75 Å². The van der Waals surface area contributed by atoms with Gasteiger partial charge in [-0.05, 0) is 31.2 Å². The molecule has 0 aliphatic carbocycles. The van der Waals surface area contributed by atoms with Gasteiger partial charge < -0.3 is 10.1 Å². The highest BCUT2D eigenvalue weighted by molar-refractivity contribution is 8.00. The van der Waals surface area contributed by atoms with Crippen molar-refractivity contribution in [2.45, 2.75) is 17.3 Å². The number of amides is 3. The average molecular weight is 412 g/mol. The lowest BCUT2D eigenvalue weighted by molar-refractivity contribution is -0.119. The molecule has 0 aliphatic rings. The quantitative estimate of drug-likeness (QED) is 0.493. The molecule has 3 aromatic rings. The van der Waals surface area contributed by atoms with Crippen molar-refractivity contribution in [2.75, 3.05) is 14.2 Å². The molecule has 9 heteroatoms. The maximum atomic E-state index is 13.2. The second-order valence-corrected chi connectivity index (χ2v) is 7.39. The van der Waals surface area contributed by atoms with Crippen molar-refractivity contribution in [3.8, 4) is 11.4 Å². The summed E-state index contributed by atoms with van der Waals surface area (Å²) >= 11 is 1.09. The highest BCUT2D eigenvalue weighted by Crippen LogP contribution is 2.26. The molecule has 3 amide bonds. The molecule has 1 aromatic heterocycles. The van der Waals surface area contributed by atoms with Gasteiger partial charge in [-0.15, -0.1) is 0 Å². The molecule has 0 spiro atoms. The van der Waals surface area contributed by atoms with Crippen LogP contribution in [0.4, 0.5) is 4.79 Å². The summed E-state index contributed by atoms with van der Waals surface area (Å²) in [6.45, 7) is 1.64. The number of methoxy groups -OCH3 is 1. The SMILES string of the molecule is CNC(=O)NC(=O)C(C)Sc1nc2ccccc2c(=O)n1-c1cccc(OC)c1. The zero-order valence-corrected chi connectivity index (χ0v) is 16.9. The number of carbonyl (C=O) groups excluding carboxylic acids is 2. The minimum atomic E-state index is -0.669. The van der Waals surface area contributed by atoms with Gasteiger partial charge in [0, 0.05) is 13.1 Å². The number of imide groups is 1. The van der Waals surface area contributed by atoms with Gasteiger partial charge >= 0.3 is 6.03 Å². The Morgan fingerprint density at radius 2 is 1.93 bits per heavy atom. The van der Waals surface area contributed by atoms with E-state index in [2.05, 4.69) is 15.6 Å². The van der Waals surface area contributed by atoms with Gasteiger partial charge in [-0.3, -0.25) is 19.5 Å². The number of nitrogens with one attached hydrogen (secondary N) is 2. The predicted molar refractivity (Wildman–Crippen MR) is 112 cm³/mol. The number of nitrogens with zero attached hydrogens (tertiary/aromatic N) is 2. The molecule has 0 radical (unpaired) electrons. The number of ether oxygens (including phenoxy) is 1. The van der Waals surface area contributed by atoms with Crippen LogP contribution in [0, 0.1) is 0 Å². The summed E-state index contributed by atoms with van der Waals surface area (Å²) < 4.78 is 6.71. The lowest BCUT2D eigenvalue weighted by atomic mass is 10.2. The molecule has 1 atom stereocenters.